The minimum absolute atomic E-state index is 0.260. The molecule has 0 heterocycles. The standard InChI is InChI=1S/C17H27BrN2O/c1-19-17(15-8-4-5-9-16(15)18)10-11-20(12-13-21)14-6-2-3-7-14/h4-5,8-9,14,17,19,21H,2-3,6-7,10-13H2,1H3. The summed E-state index contributed by atoms with van der Waals surface area (Å²) < 4.78 is 1.17. The van der Waals surface area contributed by atoms with Crippen LogP contribution in [0.4, 0.5) is 0 Å². The van der Waals surface area contributed by atoms with Crippen LogP contribution < -0.4 is 5.32 Å². The molecule has 0 bridgehead atoms. The molecular weight excluding hydrogens is 328 g/mol. The molecule has 118 valence electrons. The molecule has 1 aromatic rings. The van der Waals surface area contributed by atoms with Crippen molar-refractivity contribution < 1.29 is 5.11 Å². The van der Waals surface area contributed by atoms with Gasteiger partial charge in [-0.1, -0.05) is 47.0 Å². The van der Waals surface area contributed by atoms with E-state index in [9.17, 15) is 5.11 Å². The van der Waals surface area contributed by atoms with Gasteiger partial charge in [-0.05, 0) is 37.9 Å². The van der Waals surface area contributed by atoms with Gasteiger partial charge in [0.25, 0.3) is 0 Å². The molecule has 1 saturated carbocycles. The first-order valence-electron chi connectivity index (χ1n) is 8.03. The van der Waals surface area contributed by atoms with E-state index in [1.165, 1.54) is 35.7 Å². The summed E-state index contributed by atoms with van der Waals surface area (Å²) in [7, 11) is 2.02. The molecule has 1 fully saturated rings. The number of nitrogens with one attached hydrogen (secondary N) is 1. The van der Waals surface area contributed by atoms with E-state index in [0.717, 1.165) is 19.5 Å². The van der Waals surface area contributed by atoms with Crippen molar-refractivity contribution in [3.63, 3.8) is 0 Å². The second kappa shape index (κ2) is 8.89. The SMILES string of the molecule is CNC(CCN(CCO)C1CCCC1)c1ccccc1Br. The molecule has 4 heteroatoms. The Kier molecular flexibility index (Phi) is 7.17. The van der Waals surface area contributed by atoms with E-state index >= 15 is 0 Å². The molecule has 21 heavy (non-hydrogen) atoms. The van der Waals surface area contributed by atoms with Crippen molar-refractivity contribution in [2.45, 2.75) is 44.2 Å². The normalized spacial score (nSPS) is 17.5. The van der Waals surface area contributed by atoms with Crippen LogP contribution in [-0.2, 0) is 0 Å². The first-order valence-corrected chi connectivity index (χ1v) is 8.82. The maximum atomic E-state index is 9.32. The summed E-state index contributed by atoms with van der Waals surface area (Å²) in [5.41, 5.74) is 1.32. The zero-order valence-electron chi connectivity index (χ0n) is 12.9. The lowest BCUT2D eigenvalue weighted by molar-refractivity contribution is 0.146. The Labute approximate surface area is 136 Å². The number of benzene rings is 1. The maximum absolute atomic E-state index is 9.32. The molecule has 0 aromatic heterocycles. The average Bonchev–Trinajstić information content (AvgIpc) is 3.02. The first kappa shape index (κ1) is 16.9. The summed E-state index contributed by atoms with van der Waals surface area (Å²) in [4.78, 5) is 2.48. The highest BCUT2D eigenvalue weighted by Crippen LogP contribution is 2.27. The highest BCUT2D eigenvalue weighted by molar-refractivity contribution is 9.10. The van der Waals surface area contributed by atoms with Crippen molar-refractivity contribution in [1.29, 1.82) is 0 Å². The van der Waals surface area contributed by atoms with Gasteiger partial charge in [-0.15, -0.1) is 0 Å². The second-order valence-electron chi connectivity index (χ2n) is 5.85. The Balaban J connectivity index is 1.95. The lowest BCUT2D eigenvalue weighted by Crippen LogP contribution is -2.37. The van der Waals surface area contributed by atoms with E-state index in [0.29, 0.717) is 12.1 Å². The fourth-order valence-electron chi connectivity index (χ4n) is 3.38. The van der Waals surface area contributed by atoms with Crippen LogP contribution in [0.25, 0.3) is 0 Å². The van der Waals surface area contributed by atoms with Crippen molar-refractivity contribution in [3.05, 3.63) is 34.3 Å². The van der Waals surface area contributed by atoms with Gasteiger partial charge in [-0.3, -0.25) is 4.90 Å². The molecule has 0 spiro atoms. The van der Waals surface area contributed by atoms with Gasteiger partial charge in [0.15, 0.2) is 0 Å². The second-order valence-corrected chi connectivity index (χ2v) is 6.70. The average molecular weight is 355 g/mol. The third-order valence-corrected chi connectivity index (χ3v) is 5.28. The topological polar surface area (TPSA) is 35.5 Å². The van der Waals surface area contributed by atoms with Crippen molar-refractivity contribution >= 4 is 15.9 Å². The van der Waals surface area contributed by atoms with Gasteiger partial charge in [-0.2, -0.15) is 0 Å². The number of hydrogen-bond acceptors (Lipinski definition) is 3. The third kappa shape index (κ3) is 4.78. The summed E-state index contributed by atoms with van der Waals surface area (Å²) in [5.74, 6) is 0. The number of nitrogens with zero attached hydrogens (tertiary/aromatic N) is 1. The van der Waals surface area contributed by atoms with Crippen LogP contribution in [0.1, 0.15) is 43.7 Å². The molecule has 0 saturated heterocycles. The van der Waals surface area contributed by atoms with Crippen LogP contribution in [-0.4, -0.2) is 42.8 Å². The van der Waals surface area contributed by atoms with E-state index in [-0.39, 0.29) is 6.61 Å². The maximum Gasteiger partial charge on any atom is 0.0558 e. The Morgan fingerprint density at radius 3 is 2.62 bits per heavy atom. The van der Waals surface area contributed by atoms with Crippen LogP contribution in [0.2, 0.25) is 0 Å². The van der Waals surface area contributed by atoms with Gasteiger partial charge in [0, 0.05) is 29.6 Å². The summed E-state index contributed by atoms with van der Waals surface area (Å²) >= 11 is 3.65. The minimum Gasteiger partial charge on any atom is -0.395 e. The molecule has 1 unspecified atom stereocenters. The van der Waals surface area contributed by atoms with E-state index < -0.39 is 0 Å². The monoisotopic (exact) mass is 354 g/mol. The predicted molar refractivity (Wildman–Crippen MR) is 91.5 cm³/mol. The lowest BCUT2D eigenvalue weighted by Gasteiger charge is -2.30. The van der Waals surface area contributed by atoms with Crippen LogP contribution in [0.15, 0.2) is 28.7 Å². The fourth-order valence-corrected chi connectivity index (χ4v) is 3.94. The molecule has 1 aliphatic rings. The first-order chi connectivity index (χ1) is 10.3. The van der Waals surface area contributed by atoms with E-state index in [1.807, 2.05) is 7.05 Å². The Hall–Kier alpha value is -0.420. The zero-order chi connectivity index (χ0) is 15.1. The van der Waals surface area contributed by atoms with Crippen molar-refractivity contribution in [2.24, 2.45) is 0 Å². The summed E-state index contributed by atoms with van der Waals surface area (Å²) in [6, 6.07) is 9.44. The van der Waals surface area contributed by atoms with Gasteiger partial charge < -0.3 is 10.4 Å². The Morgan fingerprint density at radius 2 is 2.00 bits per heavy atom. The molecular formula is C17H27BrN2O. The number of halogens is 1. The molecule has 1 atom stereocenters. The highest BCUT2D eigenvalue weighted by Gasteiger charge is 2.23. The molecule has 0 amide bonds. The van der Waals surface area contributed by atoms with Crippen molar-refractivity contribution in [1.82, 2.24) is 10.2 Å². The summed E-state index contributed by atoms with van der Waals surface area (Å²) in [6.45, 7) is 2.10. The third-order valence-electron chi connectivity index (χ3n) is 4.56. The van der Waals surface area contributed by atoms with E-state index in [4.69, 9.17) is 0 Å². The van der Waals surface area contributed by atoms with Gasteiger partial charge in [0.1, 0.15) is 0 Å². The Bertz CT molecular complexity index is 421. The van der Waals surface area contributed by atoms with Crippen LogP contribution >= 0.6 is 15.9 Å². The zero-order valence-corrected chi connectivity index (χ0v) is 14.5. The van der Waals surface area contributed by atoms with Crippen molar-refractivity contribution in [3.8, 4) is 0 Å². The van der Waals surface area contributed by atoms with E-state index in [2.05, 4.69) is 50.4 Å². The molecule has 1 aromatic carbocycles. The highest BCUT2D eigenvalue weighted by atomic mass is 79.9. The van der Waals surface area contributed by atoms with Gasteiger partial charge in [0.2, 0.25) is 0 Å². The molecule has 1 aliphatic carbocycles. The summed E-state index contributed by atoms with van der Waals surface area (Å²) in [5, 5.41) is 12.7. The van der Waals surface area contributed by atoms with Gasteiger partial charge in [-0.25, -0.2) is 0 Å². The number of hydrogen-bond donors (Lipinski definition) is 2. The van der Waals surface area contributed by atoms with Crippen LogP contribution in [0, 0.1) is 0 Å². The predicted octanol–water partition coefficient (Wildman–Crippen LogP) is 3.34. The number of rotatable bonds is 8. The quantitative estimate of drug-likeness (QED) is 0.751. The molecule has 2 rings (SSSR count). The van der Waals surface area contributed by atoms with Crippen LogP contribution in [0.3, 0.4) is 0 Å². The van der Waals surface area contributed by atoms with E-state index in [1.54, 1.807) is 0 Å². The fraction of sp³-hybridized carbons (Fsp3) is 0.647. The van der Waals surface area contributed by atoms with Crippen molar-refractivity contribution in [2.75, 3.05) is 26.7 Å². The van der Waals surface area contributed by atoms with Crippen LogP contribution in [0.5, 0.6) is 0 Å². The Morgan fingerprint density at radius 1 is 1.29 bits per heavy atom. The smallest absolute Gasteiger partial charge is 0.0558 e. The summed E-state index contributed by atoms with van der Waals surface area (Å²) in [6.07, 6.45) is 6.33. The lowest BCUT2D eigenvalue weighted by atomic mass is 10.0. The van der Waals surface area contributed by atoms with Gasteiger partial charge in [0.05, 0.1) is 6.61 Å². The molecule has 0 radical (unpaired) electrons. The molecule has 2 N–H and O–H groups in total. The minimum atomic E-state index is 0.260. The molecule has 3 nitrogen and oxygen atoms in total. The molecule has 0 aliphatic heterocycles. The largest absolute Gasteiger partial charge is 0.395 e. The van der Waals surface area contributed by atoms with Gasteiger partial charge >= 0.3 is 0 Å². The number of aliphatic hydroxyl groups excluding tert-OH is 1. The number of aliphatic hydroxyl groups is 1.